The summed E-state index contributed by atoms with van der Waals surface area (Å²) in [5.41, 5.74) is 2.40. The molecule has 0 amide bonds. The number of imidazole rings is 1. The molecule has 0 spiro atoms. The SMILES string of the molecule is CCCn1c(CC(NC)C(CC)CC)nc2ccccc21. The average Bonchev–Trinajstić information content (AvgIpc) is 2.85. The van der Waals surface area contributed by atoms with E-state index in [0.29, 0.717) is 12.0 Å². The number of fused-ring (bicyclic) bond motifs is 1. The summed E-state index contributed by atoms with van der Waals surface area (Å²) < 4.78 is 2.40. The van der Waals surface area contributed by atoms with Crippen LogP contribution in [-0.2, 0) is 13.0 Å². The van der Waals surface area contributed by atoms with Crippen LogP contribution >= 0.6 is 0 Å². The molecule has 2 rings (SSSR count). The van der Waals surface area contributed by atoms with Gasteiger partial charge in [-0.2, -0.15) is 0 Å². The van der Waals surface area contributed by atoms with E-state index in [1.54, 1.807) is 0 Å². The standard InChI is InChI=1S/C18H29N3/c1-5-12-21-17-11-9-8-10-15(17)20-18(21)13-16(19-4)14(6-2)7-3/h8-11,14,16,19H,5-7,12-13H2,1-4H3. The largest absolute Gasteiger partial charge is 0.328 e. The average molecular weight is 287 g/mol. The number of para-hydroxylation sites is 2. The van der Waals surface area contributed by atoms with Crippen LogP contribution in [-0.4, -0.2) is 22.6 Å². The maximum atomic E-state index is 4.89. The second-order valence-corrected chi connectivity index (χ2v) is 5.84. The Kier molecular flexibility index (Phi) is 5.80. The third-order valence-corrected chi connectivity index (χ3v) is 4.57. The van der Waals surface area contributed by atoms with Crippen molar-refractivity contribution in [3.8, 4) is 0 Å². The minimum absolute atomic E-state index is 0.507. The molecule has 0 aliphatic heterocycles. The van der Waals surface area contributed by atoms with Crippen LogP contribution in [0.1, 0.15) is 45.9 Å². The zero-order valence-corrected chi connectivity index (χ0v) is 13.9. The van der Waals surface area contributed by atoms with E-state index in [1.165, 1.54) is 24.2 Å². The normalized spacial score (nSPS) is 13.2. The van der Waals surface area contributed by atoms with Gasteiger partial charge in [-0.25, -0.2) is 4.98 Å². The van der Waals surface area contributed by atoms with Gasteiger partial charge in [-0.1, -0.05) is 45.7 Å². The Morgan fingerprint density at radius 2 is 1.86 bits per heavy atom. The van der Waals surface area contributed by atoms with Crippen molar-refractivity contribution >= 4 is 11.0 Å². The third kappa shape index (κ3) is 3.46. The Morgan fingerprint density at radius 3 is 2.48 bits per heavy atom. The van der Waals surface area contributed by atoms with Crippen molar-refractivity contribution in [3.05, 3.63) is 30.1 Å². The summed E-state index contributed by atoms with van der Waals surface area (Å²) in [4.78, 5) is 4.89. The first-order chi connectivity index (χ1) is 10.2. The van der Waals surface area contributed by atoms with Crippen LogP contribution in [0.25, 0.3) is 11.0 Å². The van der Waals surface area contributed by atoms with Crippen molar-refractivity contribution in [2.75, 3.05) is 7.05 Å². The van der Waals surface area contributed by atoms with Crippen LogP contribution in [0.2, 0.25) is 0 Å². The molecule has 1 aromatic heterocycles. The molecule has 1 N–H and O–H groups in total. The van der Waals surface area contributed by atoms with Crippen molar-refractivity contribution in [1.29, 1.82) is 0 Å². The molecule has 0 bridgehead atoms. The van der Waals surface area contributed by atoms with E-state index < -0.39 is 0 Å². The molecule has 1 aromatic carbocycles. The molecular formula is C18H29N3. The zero-order valence-electron chi connectivity index (χ0n) is 13.9. The maximum Gasteiger partial charge on any atom is 0.111 e. The molecule has 116 valence electrons. The highest BCUT2D eigenvalue weighted by atomic mass is 15.1. The van der Waals surface area contributed by atoms with Gasteiger partial charge >= 0.3 is 0 Å². The highest BCUT2D eigenvalue weighted by Crippen LogP contribution is 2.21. The Morgan fingerprint density at radius 1 is 1.14 bits per heavy atom. The number of likely N-dealkylation sites (N-methyl/N-ethyl adjacent to an activating group) is 1. The summed E-state index contributed by atoms with van der Waals surface area (Å²) in [5, 5.41) is 3.51. The monoisotopic (exact) mass is 287 g/mol. The van der Waals surface area contributed by atoms with Crippen molar-refractivity contribution in [2.45, 2.75) is 59.0 Å². The zero-order chi connectivity index (χ0) is 15.2. The van der Waals surface area contributed by atoms with E-state index in [-0.39, 0.29) is 0 Å². The lowest BCUT2D eigenvalue weighted by atomic mass is 9.92. The number of rotatable bonds is 8. The quantitative estimate of drug-likeness (QED) is 0.795. The predicted octanol–water partition coefficient (Wildman–Crippen LogP) is 4.01. The van der Waals surface area contributed by atoms with Crippen molar-refractivity contribution in [1.82, 2.24) is 14.9 Å². The van der Waals surface area contributed by atoms with Gasteiger partial charge in [-0.3, -0.25) is 0 Å². The second-order valence-electron chi connectivity index (χ2n) is 5.84. The van der Waals surface area contributed by atoms with Crippen molar-refractivity contribution in [3.63, 3.8) is 0 Å². The van der Waals surface area contributed by atoms with E-state index >= 15 is 0 Å². The van der Waals surface area contributed by atoms with Crippen molar-refractivity contribution < 1.29 is 0 Å². The Balaban J connectivity index is 2.33. The predicted molar refractivity (Wildman–Crippen MR) is 90.6 cm³/mol. The molecule has 0 aliphatic carbocycles. The first-order valence-corrected chi connectivity index (χ1v) is 8.36. The smallest absolute Gasteiger partial charge is 0.111 e. The minimum atomic E-state index is 0.507. The lowest BCUT2D eigenvalue weighted by Crippen LogP contribution is -2.36. The fourth-order valence-corrected chi connectivity index (χ4v) is 3.31. The summed E-state index contributed by atoms with van der Waals surface area (Å²) in [7, 11) is 2.08. The molecule has 0 aliphatic rings. The molecule has 1 unspecified atom stereocenters. The molecule has 21 heavy (non-hydrogen) atoms. The van der Waals surface area contributed by atoms with E-state index in [2.05, 4.69) is 62.0 Å². The lowest BCUT2D eigenvalue weighted by Gasteiger charge is -2.25. The number of nitrogens with zero attached hydrogens (tertiary/aromatic N) is 2. The molecule has 3 heteroatoms. The van der Waals surface area contributed by atoms with Crippen LogP contribution in [0.5, 0.6) is 0 Å². The van der Waals surface area contributed by atoms with Gasteiger partial charge < -0.3 is 9.88 Å². The van der Waals surface area contributed by atoms with Crippen LogP contribution in [0, 0.1) is 5.92 Å². The summed E-state index contributed by atoms with van der Waals surface area (Å²) in [6.07, 6.45) is 4.59. The van der Waals surface area contributed by atoms with E-state index in [1.807, 2.05) is 0 Å². The topological polar surface area (TPSA) is 29.9 Å². The van der Waals surface area contributed by atoms with E-state index in [0.717, 1.165) is 24.9 Å². The van der Waals surface area contributed by atoms with E-state index in [9.17, 15) is 0 Å². The molecule has 0 fully saturated rings. The Bertz CT molecular complexity index is 555. The Hall–Kier alpha value is -1.35. The van der Waals surface area contributed by atoms with Gasteiger partial charge in [-0.15, -0.1) is 0 Å². The van der Waals surface area contributed by atoms with Gasteiger partial charge in [0.2, 0.25) is 0 Å². The summed E-state index contributed by atoms with van der Waals surface area (Å²) >= 11 is 0. The number of aryl methyl sites for hydroxylation is 1. The first-order valence-electron chi connectivity index (χ1n) is 8.36. The number of nitrogens with one attached hydrogen (secondary N) is 1. The molecular weight excluding hydrogens is 258 g/mol. The lowest BCUT2D eigenvalue weighted by molar-refractivity contribution is 0.342. The minimum Gasteiger partial charge on any atom is -0.328 e. The van der Waals surface area contributed by atoms with Gasteiger partial charge in [0, 0.05) is 19.0 Å². The highest BCUT2D eigenvalue weighted by Gasteiger charge is 2.20. The molecule has 0 saturated heterocycles. The van der Waals surface area contributed by atoms with Crippen LogP contribution < -0.4 is 5.32 Å². The first kappa shape index (κ1) is 16.0. The fourth-order valence-electron chi connectivity index (χ4n) is 3.31. The van der Waals surface area contributed by atoms with Crippen LogP contribution in [0.3, 0.4) is 0 Å². The van der Waals surface area contributed by atoms with Crippen molar-refractivity contribution in [2.24, 2.45) is 5.92 Å². The molecule has 1 atom stereocenters. The van der Waals surface area contributed by atoms with E-state index in [4.69, 9.17) is 4.98 Å². The summed E-state index contributed by atoms with van der Waals surface area (Å²) in [6.45, 7) is 7.85. The summed E-state index contributed by atoms with van der Waals surface area (Å²) in [5.74, 6) is 1.94. The number of hydrogen-bond donors (Lipinski definition) is 1. The Labute approximate surface area is 128 Å². The van der Waals surface area contributed by atoms with Gasteiger partial charge in [0.05, 0.1) is 11.0 Å². The van der Waals surface area contributed by atoms with Crippen LogP contribution in [0.15, 0.2) is 24.3 Å². The highest BCUT2D eigenvalue weighted by molar-refractivity contribution is 5.75. The summed E-state index contributed by atoms with van der Waals surface area (Å²) in [6, 6.07) is 9.00. The molecule has 3 nitrogen and oxygen atoms in total. The molecule has 0 saturated carbocycles. The van der Waals surface area contributed by atoms with Gasteiger partial charge in [0.15, 0.2) is 0 Å². The van der Waals surface area contributed by atoms with Gasteiger partial charge in [-0.05, 0) is 31.5 Å². The molecule has 2 aromatic rings. The number of aromatic nitrogens is 2. The van der Waals surface area contributed by atoms with Gasteiger partial charge in [0.1, 0.15) is 5.82 Å². The number of hydrogen-bond acceptors (Lipinski definition) is 2. The van der Waals surface area contributed by atoms with Gasteiger partial charge in [0.25, 0.3) is 0 Å². The molecule has 1 heterocycles. The fraction of sp³-hybridized carbons (Fsp3) is 0.611. The molecule has 0 radical (unpaired) electrons. The second kappa shape index (κ2) is 7.60. The number of benzene rings is 1. The third-order valence-electron chi connectivity index (χ3n) is 4.57. The maximum absolute atomic E-state index is 4.89. The van der Waals surface area contributed by atoms with Crippen LogP contribution in [0.4, 0.5) is 0 Å².